The van der Waals surface area contributed by atoms with Gasteiger partial charge in [0.15, 0.2) is 6.10 Å². The summed E-state index contributed by atoms with van der Waals surface area (Å²) >= 11 is 0. The van der Waals surface area contributed by atoms with Gasteiger partial charge in [0.05, 0.1) is 5.56 Å². The molecule has 5 nitrogen and oxygen atoms in total. The van der Waals surface area contributed by atoms with Gasteiger partial charge in [-0.2, -0.15) is 0 Å². The van der Waals surface area contributed by atoms with E-state index >= 15 is 0 Å². The Morgan fingerprint density at radius 2 is 1.57 bits per heavy atom. The highest BCUT2D eigenvalue weighted by Crippen LogP contribution is 2.46. The van der Waals surface area contributed by atoms with E-state index in [1.165, 1.54) is 35.4 Å². The molecule has 0 heterocycles. The Kier molecular flexibility index (Phi) is 6.04. The van der Waals surface area contributed by atoms with Gasteiger partial charge in [-0.15, -0.1) is 0 Å². The van der Waals surface area contributed by atoms with Gasteiger partial charge in [0.1, 0.15) is 5.75 Å². The van der Waals surface area contributed by atoms with Crippen molar-refractivity contribution >= 4 is 11.9 Å². The second-order valence-corrected chi connectivity index (χ2v) is 9.16. The van der Waals surface area contributed by atoms with Crippen molar-refractivity contribution in [3.63, 3.8) is 0 Å². The monoisotopic (exact) mass is 410 g/mol. The van der Waals surface area contributed by atoms with Crippen LogP contribution in [-0.2, 0) is 20.4 Å². The molecule has 1 N–H and O–H groups in total. The molecular formula is C25H30O5. The standard InChI is InChI=1S/C25H30O5/c1-6-29-21(23(28)30-18-10-7-16(8-11-18)22(26)27)17-9-12-19-20(15-17)25(4,5)14-13-24(19,2)3/h7-12,15,21H,6,13-14H2,1-5H3,(H,26,27). The van der Waals surface area contributed by atoms with E-state index in [0.29, 0.717) is 6.61 Å². The number of benzene rings is 2. The number of carboxylic acid groups (broad SMARTS) is 1. The third-order valence-corrected chi connectivity index (χ3v) is 6.05. The van der Waals surface area contributed by atoms with E-state index in [1.54, 1.807) is 0 Å². The Labute approximate surface area is 178 Å². The molecule has 0 radical (unpaired) electrons. The van der Waals surface area contributed by atoms with Crippen molar-refractivity contribution in [2.45, 2.75) is 64.4 Å². The third kappa shape index (κ3) is 4.41. The lowest BCUT2D eigenvalue weighted by Crippen LogP contribution is -2.34. The van der Waals surface area contributed by atoms with E-state index in [1.807, 2.05) is 13.0 Å². The topological polar surface area (TPSA) is 72.8 Å². The molecule has 0 fully saturated rings. The Bertz CT molecular complexity index is 941. The van der Waals surface area contributed by atoms with Crippen LogP contribution in [0.4, 0.5) is 0 Å². The molecule has 0 saturated heterocycles. The summed E-state index contributed by atoms with van der Waals surface area (Å²) < 4.78 is 11.3. The van der Waals surface area contributed by atoms with Crippen molar-refractivity contribution in [2.24, 2.45) is 0 Å². The minimum absolute atomic E-state index is 0.0220. The molecular weight excluding hydrogens is 380 g/mol. The maximum Gasteiger partial charge on any atom is 0.345 e. The van der Waals surface area contributed by atoms with Crippen LogP contribution in [-0.4, -0.2) is 23.7 Å². The zero-order valence-corrected chi connectivity index (χ0v) is 18.3. The van der Waals surface area contributed by atoms with Crippen LogP contribution in [0.25, 0.3) is 0 Å². The molecule has 5 heteroatoms. The maximum atomic E-state index is 12.9. The highest BCUT2D eigenvalue weighted by atomic mass is 16.6. The first-order valence-electron chi connectivity index (χ1n) is 10.4. The quantitative estimate of drug-likeness (QED) is 0.509. The van der Waals surface area contributed by atoms with Crippen molar-refractivity contribution in [3.8, 4) is 5.75 Å². The van der Waals surface area contributed by atoms with Gasteiger partial charge < -0.3 is 14.6 Å². The fourth-order valence-electron chi connectivity index (χ4n) is 4.07. The van der Waals surface area contributed by atoms with Gasteiger partial charge in [0, 0.05) is 6.61 Å². The number of hydrogen-bond donors (Lipinski definition) is 1. The molecule has 0 aromatic heterocycles. The number of hydrogen-bond acceptors (Lipinski definition) is 4. The Balaban J connectivity index is 1.90. The molecule has 0 spiro atoms. The largest absolute Gasteiger partial charge is 0.478 e. The summed E-state index contributed by atoms with van der Waals surface area (Å²) in [7, 11) is 0. The number of ether oxygens (including phenoxy) is 2. The molecule has 30 heavy (non-hydrogen) atoms. The molecule has 0 amide bonds. The summed E-state index contributed by atoms with van der Waals surface area (Å²) in [5, 5.41) is 9.01. The van der Waals surface area contributed by atoms with E-state index in [9.17, 15) is 9.59 Å². The van der Waals surface area contributed by atoms with E-state index in [4.69, 9.17) is 14.6 Å². The summed E-state index contributed by atoms with van der Waals surface area (Å²) in [6.07, 6.45) is 1.35. The van der Waals surface area contributed by atoms with Gasteiger partial charge in [-0.3, -0.25) is 0 Å². The summed E-state index contributed by atoms with van der Waals surface area (Å²) in [6, 6.07) is 11.9. The SMILES string of the molecule is CCOC(C(=O)Oc1ccc(C(=O)O)cc1)c1ccc2c(c1)C(C)(C)CCC2(C)C. The zero-order chi connectivity index (χ0) is 22.1. The third-order valence-electron chi connectivity index (χ3n) is 6.05. The Morgan fingerprint density at radius 1 is 0.967 bits per heavy atom. The minimum Gasteiger partial charge on any atom is -0.478 e. The van der Waals surface area contributed by atoms with E-state index < -0.39 is 18.0 Å². The molecule has 0 aliphatic heterocycles. The predicted molar refractivity (Wildman–Crippen MR) is 115 cm³/mol. The first-order valence-corrected chi connectivity index (χ1v) is 10.4. The molecule has 3 rings (SSSR count). The molecule has 0 saturated carbocycles. The number of carbonyl (C=O) groups excluding carboxylic acids is 1. The number of esters is 1. The van der Waals surface area contributed by atoms with Gasteiger partial charge in [-0.05, 0) is 71.6 Å². The van der Waals surface area contributed by atoms with Gasteiger partial charge in [-0.25, -0.2) is 9.59 Å². The van der Waals surface area contributed by atoms with Crippen molar-refractivity contribution in [1.29, 1.82) is 0 Å². The van der Waals surface area contributed by atoms with Crippen LogP contribution >= 0.6 is 0 Å². The maximum absolute atomic E-state index is 12.9. The Hall–Kier alpha value is -2.66. The van der Waals surface area contributed by atoms with Crippen LogP contribution in [0.15, 0.2) is 42.5 Å². The van der Waals surface area contributed by atoms with Crippen LogP contribution in [0.5, 0.6) is 5.75 Å². The van der Waals surface area contributed by atoms with Crippen LogP contribution in [0.1, 0.15) is 80.6 Å². The number of carboxylic acids is 1. The van der Waals surface area contributed by atoms with Crippen molar-refractivity contribution in [2.75, 3.05) is 6.61 Å². The van der Waals surface area contributed by atoms with Gasteiger partial charge >= 0.3 is 11.9 Å². The molecule has 1 unspecified atom stereocenters. The second-order valence-electron chi connectivity index (χ2n) is 9.16. The van der Waals surface area contributed by atoms with Crippen LogP contribution in [0.3, 0.4) is 0 Å². The highest BCUT2D eigenvalue weighted by molar-refractivity contribution is 5.88. The summed E-state index contributed by atoms with van der Waals surface area (Å²) in [5.41, 5.74) is 3.59. The minimum atomic E-state index is -1.03. The van der Waals surface area contributed by atoms with E-state index in [2.05, 4.69) is 39.8 Å². The molecule has 1 aliphatic rings. The number of carbonyl (C=O) groups is 2. The van der Waals surface area contributed by atoms with Gasteiger partial charge in [0.2, 0.25) is 0 Å². The molecule has 1 atom stereocenters. The molecule has 0 bridgehead atoms. The average molecular weight is 411 g/mol. The van der Waals surface area contributed by atoms with Crippen molar-refractivity contribution in [1.82, 2.24) is 0 Å². The van der Waals surface area contributed by atoms with Crippen molar-refractivity contribution in [3.05, 3.63) is 64.7 Å². The fraction of sp³-hybridized carbons (Fsp3) is 0.440. The fourth-order valence-corrected chi connectivity index (χ4v) is 4.07. The van der Waals surface area contributed by atoms with E-state index in [0.717, 1.165) is 18.4 Å². The van der Waals surface area contributed by atoms with Crippen LogP contribution in [0, 0.1) is 0 Å². The molecule has 160 valence electrons. The number of aromatic carboxylic acids is 1. The molecule has 2 aromatic rings. The van der Waals surface area contributed by atoms with E-state index in [-0.39, 0.29) is 22.1 Å². The van der Waals surface area contributed by atoms with Gasteiger partial charge in [0.25, 0.3) is 0 Å². The second kappa shape index (κ2) is 8.23. The smallest absolute Gasteiger partial charge is 0.345 e. The Morgan fingerprint density at radius 3 is 2.13 bits per heavy atom. The number of rotatable bonds is 6. The lowest BCUT2D eigenvalue weighted by Gasteiger charge is -2.42. The zero-order valence-electron chi connectivity index (χ0n) is 18.3. The highest BCUT2D eigenvalue weighted by Gasteiger charge is 2.38. The summed E-state index contributed by atoms with van der Waals surface area (Å²) in [4.78, 5) is 23.9. The lowest BCUT2D eigenvalue weighted by atomic mass is 9.63. The summed E-state index contributed by atoms with van der Waals surface area (Å²) in [5.74, 6) is -1.26. The first kappa shape index (κ1) is 22.0. The van der Waals surface area contributed by atoms with Gasteiger partial charge in [-0.1, -0.05) is 45.9 Å². The molecule has 1 aliphatic carbocycles. The average Bonchev–Trinajstić information content (AvgIpc) is 2.70. The number of fused-ring (bicyclic) bond motifs is 1. The predicted octanol–water partition coefficient (Wildman–Crippen LogP) is 5.42. The molecule has 2 aromatic carbocycles. The normalized spacial score (nSPS) is 17.6. The summed E-state index contributed by atoms with van der Waals surface area (Å²) in [6.45, 7) is 11.2. The van der Waals surface area contributed by atoms with Crippen molar-refractivity contribution < 1.29 is 24.2 Å². The first-order chi connectivity index (χ1) is 14.0. The lowest BCUT2D eigenvalue weighted by molar-refractivity contribution is -0.147. The van der Waals surface area contributed by atoms with Crippen LogP contribution in [0.2, 0.25) is 0 Å². The van der Waals surface area contributed by atoms with Crippen LogP contribution < -0.4 is 4.74 Å².